The summed E-state index contributed by atoms with van der Waals surface area (Å²) >= 11 is 0. The van der Waals surface area contributed by atoms with Crippen molar-refractivity contribution < 1.29 is 14.3 Å². The first-order valence-corrected chi connectivity index (χ1v) is 10.1. The highest BCUT2D eigenvalue weighted by Gasteiger charge is 2.28. The average molecular weight is 436 g/mol. The van der Waals surface area contributed by atoms with Gasteiger partial charge in [0, 0.05) is 35.4 Å². The third-order valence-electron chi connectivity index (χ3n) is 4.84. The van der Waals surface area contributed by atoms with E-state index < -0.39 is 23.5 Å². The number of benzene rings is 1. The van der Waals surface area contributed by atoms with Gasteiger partial charge in [0.15, 0.2) is 17.5 Å². The van der Waals surface area contributed by atoms with Crippen LogP contribution in [-0.4, -0.2) is 44.2 Å². The third-order valence-corrected chi connectivity index (χ3v) is 4.84. The Hall–Kier alpha value is -3.93. The Labute approximate surface area is 185 Å². The highest BCUT2D eigenvalue weighted by molar-refractivity contribution is 5.83. The molecule has 0 aliphatic rings. The van der Waals surface area contributed by atoms with Crippen LogP contribution in [0.15, 0.2) is 42.6 Å². The maximum Gasteiger partial charge on any atom is 0.407 e. The molecule has 3 N–H and O–H groups in total. The number of amides is 1. The summed E-state index contributed by atoms with van der Waals surface area (Å²) in [7, 11) is 0. The average Bonchev–Trinajstić information content (AvgIpc) is 2.73. The molecule has 0 bridgehead atoms. The number of hydrogen-bond donors (Lipinski definition) is 3. The van der Waals surface area contributed by atoms with Crippen LogP contribution in [0.5, 0.6) is 0 Å². The molecule has 8 nitrogen and oxygen atoms in total. The van der Waals surface area contributed by atoms with Crippen LogP contribution in [0.3, 0.4) is 0 Å². The van der Waals surface area contributed by atoms with Crippen molar-refractivity contribution in [3.05, 3.63) is 54.0 Å². The molecule has 0 saturated heterocycles. The third kappa shape index (κ3) is 5.21. The number of nitrogens with zero attached hydrogens (tertiary/aromatic N) is 4. The Bertz CT molecular complexity index is 1190. The fraction of sp³-hybridized carbons (Fsp3) is 0.304. The van der Waals surface area contributed by atoms with Crippen LogP contribution in [0.1, 0.15) is 33.3 Å². The Morgan fingerprint density at radius 1 is 1.28 bits per heavy atom. The summed E-state index contributed by atoms with van der Waals surface area (Å²) in [5.74, 6) is -0.572. The SMILES string of the molecule is CC(CN(C(=O)O)C(C)(C)C)Nc1nc(Nc2ccc3ncccc3c2)c(C#N)cc1F. The number of nitriles is 1. The van der Waals surface area contributed by atoms with E-state index in [0.29, 0.717) is 5.69 Å². The number of carbonyl (C=O) groups is 1. The van der Waals surface area contributed by atoms with E-state index in [1.807, 2.05) is 30.3 Å². The van der Waals surface area contributed by atoms with Gasteiger partial charge >= 0.3 is 6.09 Å². The lowest BCUT2D eigenvalue weighted by molar-refractivity contribution is 0.0983. The van der Waals surface area contributed by atoms with Gasteiger partial charge in [-0.15, -0.1) is 0 Å². The van der Waals surface area contributed by atoms with Crippen molar-refractivity contribution in [2.75, 3.05) is 17.2 Å². The van der Waals surface area contributed by atoms with Gasteiger partial charge in [0.05, 0.1) is 11.1 Å². The van der Waals surface area contributed by atoms with Gasteiger partial charge in [-0.25, -0.2) is 14.2 Å². The van der Waals surface area contributed by atoms with Gasteiger partial charge in [0.25, 0.3) is 0 Å². The van der Waals surface area contributed by atoms with Gasteiger partial charge < -0.3 is 20.6 Å². The molecule has 0 fully saturated rings. The molecular formula is C23H25FN6O2. The first-order valence-electron chi connectivity index (χ1n) is 10.1. The summed E-state index contributed by atoms with van der Waals surface area (Å²) in [6.07, 6.45) is 0.641. The molecule has 166 valence electrons. The Morgan fingerprint density at radius 2 is 2.03 bits per heavy atom. The molecule has 1 unspecified atom stereocenters. The number of nitrogens with one attached hydrogen (secondary N) is 2. The van der Waals surface area contributed by atoms with Gasteiger partial charge in [-0.3, -0.25) is 4.98 Å². The normalized spacial score (nSPS) is 12.1. The summed E-state index contributed by atoms with van der Waals surface area (Å²) in [5.41, 5.74) is 0.929. The first kappa shape index (κ1) is 22.7. The van der Waals surface area contributed by atoms with Crippen LogP contribution in [0, 0.1) is 17.1 Å². The topological polar surface area (TPSA) is 114 Å². The number of pyridine rings is 2. The zero-order valence-electron chi connectivity index (χ0n) is 18.3. The van der Waals surface area contributed by atoms with Crippen LogP contribution in [-0.2, 0) is 0 Å². The fourth-order valence-electron chi connectivity index (χ4n) is 3.25. The van der Waals surface area contributed by atoms with Crippen LogP contribution in [0.25, 0.3) is 10.9 Å². The van der Waals surface area contributed by atoms with Gasteiger partial charge in [-0.1, -0.05) is 6.07 Å². The summed E-state index contributed by atoms with van der Waals surface area (Å²) in [4.78, 5) is 21.4. The van der Waals surface area contributed by atoms with Crippen molar-refractivity contribution >= 4 is 34.3 Å². The lowest BCUT2D eigenvalue weighted by Gasteiger charge is -2.35. The summed E-state index contributed by atoms with van der Waals surface area (Å²) in [6, 6.07) is 11.8. The number of rotatable bonds is 6. The van der Waals surface area contributed by atoms with Crippen LogP contribution < -0.4 is 10.6 Å². The zero-order valence-corrected chi connectivity index (χ0v) is 18.3. The molecule has 0 aliphatic heterocycles. The second-order valence-electron chi connectivity index (χ2n) is 8.47. The molecule has 9 heteroatoms. The van der Waals surface area contributed by atoms with E-state index >= 15 is 0 Å². The predicted molar refractivity (Wildman–Crippen MR) is 122 cm³/mol. The summed E-state index contributed by atoms with van der Waals surface area (Å²) in [5, 5.41) is 25.8. The number of aromatic nitrogens is 2. The van der Waals surface area contributed by atoms with Crippen molar-refractivity contribution in [2.24, 2.45) is 0 Å². The minimum Gasteiger partial charge on any atom is -0.465 e. The Kier molecular flexibility index (Phi) is 6.44. The van der Waals surface area contributed by atoms with Crippen molar-refractivity contribution in [3.63, 3.8) is 0 Å². The van der Waals surface area contributed by atoms with Crippen LogP contribution in [0.2, 0.25) is 0 Å². The maximum atomic E-state index is 14.6. The van der Waals surface area contributed by atoms with E-state index in [0.717, 1.165) is 17.0 Å². The monoisotopic (exact) mass is 436 g/mol. The summed E-state index contributed by atoms with van der Waals surface area (Å²) in [6.45, 7) is 7.23. The van der Waals surface area contributed by atoms with Gasteiger partial charge in [0.2, 0.25) is 0 Å². The quantitative estimate of drug-likeness (QED) is 0.500. The molecule has 2 aromatic heterocycles. The molecule has 1 atom stereocenters. The lowest BCUT2D eigenvalue weighted by Crippen LogP contribution is -2.49. The number of hydrogen-bond acceptors (Lipinski definition) is 6. The van der Waals surface area contributed by atoms with Crippen molar-refractivity contribution in [3.8, 4) is 6.07 Å². The molecule has 32 heavy (non-hydrogen) atoms. The number of anilines is 3. The second kappa shape index (κ2) is 9.06. The molecule has 1 amide bonds. The summed E-state index contributed by atoms with van der Waals surface area (Å²) < 4.78 is 14.6. The first-order chi connectivity index (χ1) is 15.1. The van der Waals surface area contributed by atoms with Gasteiger partial charge in [-0.2, -0.15) is 5.26 Å². The molecule has 3 aromatic rings. The highest BCUT2D eigenvalue weighted by atomic mass is 19.1. The molecule has 1 aromatic carbocycles. The molecule has 0 spiro atoms. The van der Waals surface area contributed by atoms with Crippen LogP contribution in [0.4, 0.5) is 26.5 Å². The number of halogens is 1. The molecular weight excluding hydrogens is 411 g/mol. The van der Waals surface area contributed by atoms with Crippen molar-refractivity contribution in [1.82, 2.24) is 14.9 Å². The largest absolute Gasteiger partial charge is 0.465 e. The van der Waals surface area contributed by atoms with E-state index in [4.69, 9.17) is 0 Å². The molecule has 0 radical (unpaired) electrons. The molecule has 2 heterocycles. The fourth-order valence-corrected chi connectivity index (χ4v) is 3.25. The minimum absolute atomic E-state index is 0.0499. The highest BCUT2D eigenvalue weighted by Crippen LogP contribution is 2.26. The van der Waals surface area contributed by atoms with Gasteiger partial charge in [0.1, 0.15) is 6.07 Å². The lowest BCUT2D eigenvalue weighted by atomic mass is 10.1. The molecule has 0 saturated carbocycles. The molecule has 3 rings (SSSR count). The van der Waals surface area contributed by atoms with Crippen molar-refractivity contribution in [1.29, 1.82) is 5.26 Å². The standard InChI is InChI=1S/C23H25FN6O2/c1-14(13-30(22(31)32)23(2,3)4)27-21-18(24)11-16(12-25)20(29-21)28-17-7-8-19-15(10-17)6-5-9-26-19/h5-11,14H,13H2,1-4H3,(H,31,32)(H2,27,28,29). The smallest absolute Gasteiger partial charge is 0.407 e. The number of carboxylic acid groups (broad SMARTS) is 1. The van der Waals surface area contributed by atoms with E-state index in [-0.39, 0.29) is 23.7 Å². The predicted octanol–water partition coefficient (Wildman–Crippen LogP) is 4.96. The van der Waals surface area contributed by atoms with E-state index in [1.54, 1.807) is 40.0 Å². The number of fused-ring (bicyclic) bond motifs is 1. The minimum atomic E-state index is -1.06. The zero-order chi connectivity index (χ0) is 23.5. The molecule has 0 aliphatic carbocycles. The van der Waals surface area contributed by atoms with Crippen molar-refractivity contribution in [2.45, 2.75) is 39.3 Å². The Balaban J connectivity index is 1.85. The maximum absolute atomic E-state index is 14.6. The van der Waals surface area contributed by atoms with Gasteiger partial charge in [-0.05, 0) is 58.0 Å². The van der Waals surface area contributed by atoms with E-state index in [2.05, 4.69) is 20.6 Å². The van der Waals surface area contributed by atoms with E-state index in [9.17, 15) is 19.6 Å². The van der Waals surface area contributed by atoms with E-state index in [1.165, 1.54) is 4.90 Å². The van der Waals surface area contributed by atoms with Crippen LogP contribution >= 0.6 is 0 Å². The second-order valence-corrected chi connectivity index (χ2v) is 8.47. The Morgan fingerprint density at radius 3 is 2.69 bits per heavy atom.